The van der Waals surface area contributed by atoms with Gasteiger partial charge in [0.1, 0.15) is 11.6 Å². The van der Waals surface area contributed by atoms with Crippen LogP contribution in [0.5, 0.6) is 0 Å². The molecule has 0 spiro atoms. The number of nitrogens with zero attached hydrogens (tertiary/aromatic N) is 3. The van der Waals surface area contributed by atoms with Crippen molar-refractivity contribution in [3.8, 4) is 0 Å². The molecule has 106 valence electrons. The number of amides is 1. The predicted octanol–water partition coefficient (Wildman–Crippen LogP) is 2.82. The number of rotatable bonds is 2. The molecule has 0 saturated carbocycles. The number of H-pyrrole nitrogens is 1. The molecule has 0 atom stereocenters. The van der Waals surface area contributed by atoms with Crippen LogP contribution in [0.1, 0.15) is 42.9 Å². The third-order valence-corrected chi connectivity index (χ3v) is 3.50. The number of carbonyl (C=O) groups is 1. The molecule has 0 aromatic carbocycles. The monoisotopic (exact) mass is 337 g/mol. The molecule has 1 amide bonds. The van der Waals surface area contributed by atoms with Crippen LogP contribution in [0.4, 0.5) is 5.82 Å². The third kappa shape index (κ3) is 3.22. The third-order valence-electron chi connectivity index (χ3n) is 2.66. The first-order chi connectivity index (χ1) is 9.27. The summed E-state index contributed by atoms with van der Waals surface area (Å²) in [7, 11) is 0. The van der Waals surface area contributed by atoms with Gasteiger partial charge in [-0.2, -0.15) is 0 Å². The van der Waals surface area contributed by atoms with Crippen molar-refractivity contribution in [1.29, 1.82) is 0 Å². The van der Waals surface area contributed by atoms with Gasteiger partial charge in [0.15, 0.2) is 0 Å². The fourth-order valence-corrected chi connectivity index (χ4v) is 1.71. The van der Waals surface area contributed by atoms with Gasteiger partial charge in [-0.25, -0.2) is 9.97 Å². The standard InChI is InChI=1S/C13H16BrN5O/c1-7-8(14)5-6-9(15-7)16-11(20)10-17-12(19-18-10)13(2,3)4/h5-6H,1-4H3,(H,15,16,20)(H,17,18,19). The van der Waals surface area contributed by atoms with Crippen LogP contribution in [0.25, 0.3) is 0 Å². The SMILES string of the molecule is Cc1nc(NC(=O)c2n[nH]c(C(C)(C)C)n2)ccc1Br. The van der Waals surface area contributed by atoms with Crippen molar-refractivity contribution in [3.63, 3.8) is 0 Å². The summed E-state index contributed by atoms with van der Waals surface area (Å²) in [6.07, 6.45) is 0. The number of nitrogens with one attached hydrogen (secondary N) is 2. The molecule has 0 saturated heterocycles. The molecule has 2 heterocycles. The number of hydrogen-bond donors (Lipinski definition) is 2. The first-order valence-corrected chi connectivity index (χ1v) is 6.94. The minimum atomic E-state index is -0.383. The maximum Gasteiger partial charge on any atom is 0.296 e. The maximum absolute atomic E-state index is 12.0. The highest BCUT2D eigenvalue weighted by Gasteiger charge is 2.21. The van der Waals surface area contributed by atoms with E-state index in [-0.39, 0.29) is 17.1 Å². The van der Waals surface area contributed by atoms with Crippen molar-refractivity contribution < 1.29 is 4.79 Å². The molecule has 7 heteroatoms. The summed E-state index contributed by atoms with van der Waals surface area (Å²) in [6.45, 7) is 7.84. The summed E-state index contributed by atoms with van der Waals surface area (Å²) in [6, 6.07) is 3.54. The molecule has 2 aromatic rings. The van der Waals surface area contributed by atoms with Crippen LogP contribution in [-0.4, -0.2) is 26.1 Å². The molecule has 0 aliphatic carbocycles. The van der Waals surface area contributed by atoms with Crippen LogP contribution < -0.4 is 5.32 Å². The Morgan fingerprint density at radius 1 is 1.30 bits per heavy atom. The summed E-state index contributed by atoms with van der Waals surface area (Å²) in [5.41, 5.74) is 0.617. The maximum atomic E-state index is 12.0. The van der Waals surface area contributed by atoms with E-state index < -0.39 is 0 Å². The summed E-state index contributed by atoms with van der Waals surface area (Å²) >= 11 is 3.36. The molecule has 2 N–H and O–H groups in total. The molecule has 20 heavy (non-hydrogen) atoms. The molecule has 2 rings (SSSR count). The number of halogens is 1. The zero-order chi connectivity index (χ0) is 14.9. The number of pyridine rings is 1. The molecular formula is C13H16BrN5O. The van der Waals surface area contributed by atoms with Crippen molar-refractivity contribution in [2.45, 2.75) is 33.1 Å². The summed E-state index contributed by atoms with van der Waals surface area (Å²) < 4.78 is 0.892. The second-order valence-corrected chi connectivity index (χ2v) is 6.33. The van der Waals surface area contributed by atoms with Crippen LogP contribution in [0.15, 0.2) is 16.6 Å². The second-order valence-electron chi connectivity index (χ2n) is 5.48. The molecule has 0 aliphatic heterocycles. The molecule has 0 aliphatic rings. The van der Waals surface area contributed by atoms with Gasteiger partial charge in [-0.15, -0.1) is 5.10 Å². The highest BCUT2D eigenvalue weighted by Crippen LogP contribution is 2.18. The van der Waals surface area contributed by atoms with Crippen LogP contribution >= 0.6 is 15.9 Å². The van der Waals surface area contributed by atoms with Crippen molar-refractivity contribution in [3.05, 3.63) is 33.9 Å². The lowest BCUT2D eigenvalue weighted by Crippen LogP contribution is -2.16. The van der Waals surface area contributed by atoms with E-state index in [1.54, 1.807) is 6.07 Å². The Kier molecular flexibility index (Phi) is 3.89. The summed E-state index contributed by atoms with van der Waals surface area (Å²) in [4.78, 5) is 20.5. The largest absolute Gasteiger partial charge is 0.304 e. The van der Waals surface area contributed by atoms with Gasteiger partial charge in [-0.3, -0.25) is 9.89 Å². The Labute approximate surface area is 125 Å². The Balaban J connectivity index is 2.16. The molecule has 0 radical (unpaired) electrons. The van der Waals surface area contributed by atoms with Gasteiger partial charge in [-0.1, -0.05) is 20.8 Å². The smallest absolute Gasteiger partial charge is 0.296 e. The van der Waals surface area contributed by atoms with Crippen LogP contribution in [0.2, 0.25) is 0 Å². The van der Waals surface area contributed by atoms with Gasteiger partial charge in [-0.05, 0) is 35.0 Å². The Bertz CT molecular complexity index is 644. The Morgan fingerprint density at radius 3 is 2.55 bits per heavy atom. The van der Waals surface area contributed by atoms with E-state index >= 15 is 0 Å². The Morgan fingerprint density at radius 2 is 2.00 bits per heavy atom. The van der Waals surface area contributed by atoms with Gasteiger partial charge in [0, 0.05) is 9.89 Å². The first-order valence-electron chi connectivity index (χ1n) is 6.15. The van der Waals surface area contributed by atoms with Gasteiger partial charge < -0.3 is 5.32 Å². The number of carbonyl (C=O) groups excluding carboxylic acids is 1. The van der Waals surface area contributed by atoms with E-state index in [1.165, 1.54) is 0 Å². The molecule has 6 nitrogen and oxygen atoms in total. The minimum Gasteiger partial charge on any atom is -0.304 e. The minimum absolute atomic E-state index is 0.109. The second kappa shape index (κ2) is 5.32. The van der Waals surface area contributed by atoms with Crippen LogP contribution in [0, 0.1) is 6.92 Å². The van der Waals surface area contributed by atoms with Gasteiger partial charge in [0.25, 0.3) is 5.91 Å². The van der Waals surface area contributed by atoms with E-state index in [4.69, 9.17) is 0 Å². The number of aromatic nitrogens is 4. The van der Waals surface area contributed by atoms with Crippen molar-refractivity contribution in [2.24, 2.45) is 0 Å². The number of aromatic amines is 1. The molecule has 2 aromatic heterocycles. The Hall–Kier alpha value is -1.76. The fraction of sp³-hybridized carbons (Fsp3) is 0.385. The van der Waals surface area contributed by atoms with Gasteiger partial charge in [0.05, 0.1) is 5.69 Å². The van der Waals surface area contributed by atoms with E-state index in [2.05, 4.69) is 41.4 Å². The van der Waals surface area contributed by atoms with E-state index in [0.717, 1.165) is 10.2 Å². The topological polar surface area (TPSA) is 83.6 Å². The average Bonchev–Trinajstić information content (AvgIpc) is 2.83. The molecular weight excluding hydrogens is 322 g/mol. The molecule has 0 bridgehead atoms. The normalized spacial score (nSPS) is 11.4. The average molecular weight is 338 g/mol. The number of anilines is 1. The lowest BCUT2D eigenvalue weighted by atomic mass is 9.96. The van der Waals surface area contributed by atoms with E-state index in [0.29, 0.717) is 11.6 Å². The first kappa shape index (κ1) is 14.6. The van der Waals surface area contributed by atoms with E-state index in [9.17, 15) is 4.79 Å². The number of aryl methyl sites for hydroxylation is 1. The lowest BCUT2D eigenvalue weighted by molar-refractivity contribution is 0.101. The van der Waals surface area contributed by atoms with Gasteiger partial charge >= 0.3 is 0 Å². The zero-order valence-electron chi connectivity index (χ0n) is 11.8. The highest BCUT2D eigenvalue weighted by atomic mass is 79.9. The van der Waals surface area contributed by atoms with Crippen molar-refractivity contribution in [2.75, 3.05) is 5.32 Å². The van der Waals surface area contributed by atoms with Crippen molar-refractivity contribution in [1.82, 2.24) is 20.2 Å². The summed E-state index contributed by atoms with van der Waals surface area (Å²) in [5.74, 6) is 0.865. The van der Waals surface area contributed by atoms with Crippen molar-refractivity contribution >= 4 is 27.7 Å². The number of hydrogen-bond acceptors (Lipinski definition) is 4. The molecule has 0 fully saturated rings. The highest BCUT2D eigenvalue weighted by molar-refractivity contribution is 9.10. The van der Waals surface area contributed by atoms with Crippen LogP contribution in [-0.2, 0) is 5.41 Å². The lowest BCUT2D eigenvalue weighted by Gasteiger charge is -2.12. The quantitative estimate of drug-likeness (QED) is 0.882. The van der Waals surface area contributed by atoms with Crippen LogP contribution in [0.3, 0.4) is 0 Å². The predicted molar refractivity (Wildman–Crippen MR) is 79.7 cm³/mol. The summed E-state index contributed by atoms with van der Waals surface area (Å²) in [5, 5.41) is 9.39. The zero-order valence-corrected chi connectivity index (χ0v) is 13.4. The van der Waals surface area contributed by atoms with E-state index in [1.807, 2.05) is 33.8 Å². The fourth-order valence-electron chi connectivity index (χ4n) is 1.48. The molecule has 0 unspecified atom stereocenters. The van der Waals surface area contributed by atoms with Gasteiger partial charge in [0.2, 0.25) is 5.82 Å².